The van der Waals surface area contributed by atoms with E-state index in [2.05, 4.69) is 0 Å². The molecule has 0 fully saturated rings. The maximum absolute atomic E-state index is 13.4. The van der Waals surface area contributed by atoms with Gasteiger partial charge < -0.3 is 0 Å². The summed E-state index contributed by atoms with van der Waals surface area (Å²) in [6.45, 7) is 4.26. The fourth-order valence-corrected chi connectivity index (χ4v) is 7.57. The van der Waals surface area contributed by atoms with E-state index in [0.717, 1.165) is 16.2 Å². The molecule has 0 radical (unpaired) electrons. The van der Waals surface area contributed by atoms with E-state index in [1.54, 1.807) is 16.2 Å². The molecular formula is C21H22NO2PS. The molecule has 26 heavy (non-hydrogen) atoms. The zero-order valence-electron chi connectivity index (χ0n) is 14.9. The van der Waals surface area contributed by atoms with Crippen molar-refractivity contribution in [1.82, 2.24) is 4.08 Å². The van der Waals surface area contributed by atoms with Crippen LogP contribution in [0.4, 0.5) is 0 Å². The number of sulfonamides is 1. The normalized spacial score (nSPS) is 11.8. The zero-order chi connectivity index (χ0) is 18.6. The van der Waals surface area contributed by atoms with Gasteiger partial charge in [-0.1, -0.05) is 85.3 Å². The highest BCUT2D eigenvalue weighted by Crippen LogP contribution is 2.42. The van der Waals surface area contributed by atoms with Gasteiger partial charge in [0.1, 0.15) is 0 Å². The minimum Gasteiger partial charge on any atom is -0.207 e. The molecule has 3 rings (SSSR count). The average molecular weight is 383 g/mol. The van der Waals surface area contributed by atoms with Gasteiger partial charge in [0.25, 0.3) is 0 Å². The van der Waals surface area contributed by atoms with Crippen molar-refractivity contribution in [3.63, 3.8) is 0 Å². The molecule has 0 aliphatic rings. The van der Waals surface area contributed by atoms with Gasteiger partial charge in [-0.2, -0.15) is 4.08 Å². The maximum Gasteiger partial charge on any atom is 0.246 e. The fraction of sp³-hybridized carbons (Fsp3) is 0.143. The molecule has 0 N–H and O–H groups in total. The number of benzene rings is 3. The Morgan fingerprint density at radius 2 is 1.23 bits per heavy atom. The lowest BCUT2D eigenvalue weighted by Crippen LogP contribution is -2.33. The van der Waals surface area contributed by atoms with Crippen molar-refractivity contribution in [2.45, 2.75) is 18.7 Å². The third kappa shape index (κ3) is 3.88. The Morgan fingerprint density at radius 1 is 0.769 bits per heavy atom. The third-order valence-corrected chi connectivity index (χ3v) is 9.21. The van der Waals surface area contributed by atoms with Crippen molar-refractivity contribution in [1.29, 1.82) is 0 Å². The average Bonchev–Trinajstić information content (AvgIpc) is 2.67. The Morgan fingerprint density at radius 3 is 1.65 bits per heavy atom. The second kappa shape index (κ2) is 8.13. The summed E-state index contributed by atoms with van der Waals surface area (Å²) in [6.07, 6.45) is 0. The highest BCUT2D eigenvalue weighted by Gasteiger charge is 2.32. The van der Waals surface area contributed by atoms with E-state index in [1.165, 1.54) is 0 Å². The summed E-state index contributed by atoms with van der Waals surface area (Å²) in [5.41, 5.74) is 1.04. The van der Waals surface area contributed by atoms with E-state index >= 15 is 0 Å². The van der Waals surface area contributed by atoms with E-state index in [0.29, 0.717) is 11.4 Å². The van der Waals surface area contributed by atoms with Crippen molar-refractivity contribution in [3.05, 3.63) is 90.5 Å². The summed E-state index contributed by atoms with van der Waals surface area (Å²) in [5, 5.41) is 2.04. The number of hydrogen-bond donors (Lipinski definition) is 0. The number of aryl methyl sites for hydroxylation is 1. The molecule has 3 aromatic rings. The second-order valence-electron chi connectivity index (χ2n) is 5.94. The lowest BCUT2D eigenvalue weighted by molar-refractivity contribution is 0.547. The number of hydrogen-bond acceptors (Lipinski definition) is 2. The molecule has 3 aromatic carbocycles. The summed E-state index contributed by atoms with van der Waals surface area (Å²) < 4.78 is 28.4. The van der Waals surface area contributed by atoms with Crippen molar-refractivity contribution >= 4 is 28.7 Å². The first-order valence-electron chi connectivity index (χ1n) is 8.53. The molecule has 0 bridgehead atoms. The van der Waals surface area contributed by atoms with E-state index in [1.807, 2.05) is 86.6 Å². The maximum atomic E-state index is 13.4. The monoisotopic (exact) mass is 383 g/mol. The standard InChI is InChI=1S/C21H22NO2PS/c1-3-22(26(23,24)21-16-14-18(2)15-17-21)25(19-10-6-4-7-11-19)20-12-8-5-9-13-20/h4-17H,3H2,1-2H3. The minimum absolute atomic E-state index is 0.337. The van der Waals surface area contributed by atoms with Crippen LogP contribution in [0, 0.1) is 6.92 Å². The summed E-state index contributed by atoms with van der Waals surface area (Å²) in [5.74, 6) is 0. The molecule has 3 nitrogen and oxygen atoms in total. The Balaban J connectivity index is 2.13. The quantitative estimate of drug-likeness (QED) is 0.602. The van der Waals surface area contributed by atoms with Crippen LogP contribution in [0.15, 0.2) is 89.8 Å². The summed E-state index contributed by atoms with van der Waals surface area (Å²) >= 11 is 0. The van der Waals surface area contributed by atoms with E-state index in [9.17, 15) is 8.42 Å². The molecule has 134 valence electrons. The molecule has 0 saturated heterocycles. The third-order valence-electron chi connectivity index (χ3n) is 4.09. The first-order chi connectivity index (χ1) is 12.5. The van der Waals surface area contributed by atoms with Crippen molar-refractivity contribution in [2.24, 2.45) is 0 Å². The number of rotatable bonds is 6. The van der Waals surface area contributed by atoms with Crippen molar-refractivity contribution in [3.8, 4) is 0 Å². The van der Waals surface area contributed by atoms with Gasteiger partial charge in [-0.05, 0) is 29.7 Å². The molecule has 0 spiro atoms. The second-order valence-corrected chi connectivity index (χ2v) is 10.2. The van der Waals surface area contributed by atoms with Gasteiger partial charge in [0.05, 0.1) is 4.90 Å². The largest absolute Gasteiger partial charge is 0.246 e. The first-order valence-corrected chi connectivity index (χ1v) is 11.3. The SMILES string of the molecule is CCN(P(c1ccccc1)c1ccccc1)S(=O)(=O)c1ccc(C)cc1. The van der Waals surface area contributed by atoms with E-state index in [4.69, 9.17) is 0 Å². The molecule has 0 atom stereocenters. The molecule has 0 amide bonds. The lowest BCUT2D eigenvalue weighted by Gasteiger charge is -2.30. The Hall–Kier alpha value is -2.00. The van der Waals surface area contributed by atoms with Crippen LogP contribution in [0.3, 0.4) is 0 Å². The molecule has 0 aliphatic carbocycles. The predicted molar refractivity (Wildman–Crippen MR) is 110 cm³/mol. The van der Waals surface area contributed by atoms with Gasteiger partial charge in [0.2, 0.25) is 10.0 Å². The van der Waals surface area contributed by atoms with Crippen molar-refractivity contribution < 1.29 is 8.42 Å². The Labute approximate surface area is 157 Å². The van der Waals surface area contributed by atoms with Crippen LogP contribution in [-0.2, 0) is 10.0 Å². The smallest absolute Gasteiger partial charge is 0.207 e. The molecule has 5 heteroatoms. The van der Waals surface area contributed by atoms with Gasteiger partial charge in [0, 0.05) is 14.6 Å². The number of nitrogens with zero attached hydrogens (tertiary/aromatic N) is 1. The van der Waals surface area contributed by atoms with E-state index < -0.39 is 18.1 Å². The van der Waals surface area contributed by atoms with Gasteiger partial charge in [-0.25, -0.2) is 8.42 Å². The Kier molecular flexibility index (Phi) is 5.87. The van der Waals surface area contributed by atoms with E-state index in [-0.39, 0.29) is 0 Å². The molecule has 0 aliphatic heterocycles. The molecule has 0 aromatic heterocycles. The molecule has 0 saturated carbocycles. The lowest BCUT2D eigenvalue weighted by atomic mass is 10.2. The fourth-order valence-electron chi connectivity index (χ4n) is 2.80. The topological polar surface area (TPSA) is 37.4 Å². The highest BCUT2D eigenvalue weighted by atomic mass is 32.2. The van der Waals surface area contributed by atoms with Crippen LogP contribution in [0.5, 0.6) is 0 Å². The minimum atomic E-state index is -3.60. The van der Waals surface area contributed by atoms with Crippen molar-refractivity contribution in [2.75, 3.05) is 6.54 Å². The Bertz CT molecular complexity index is 903. The van der Waals surface area contributed by atoms with Crippen LogP contribution in [0.2, 0.25) is 0 Å². The first kappa shape index (κ1) is 18.8. The van der Waals surface area contributed by atoms with Gasteiger partial charge in [0.15, 0.2) is 0 Å². The molecular weight excluding hydrogens is 361 g/mol. The summed E-state index contributed by atoms with van der Waals surface area (Å²) in [4.78, 5) is 0.337. The summed E-state index contributed by atoms with van der Waals surface area (Å²) in [6, 6.07) is 26.8. The molecule has 0 heterocycles. The van der Waals surface area contributed by atoms with Gasteiger partial charge in [-0.15, -0.1) is 0 Å². The molecule has 0 unspecified atom stereocenters. The predicted octanol–water partition coefficient (Wildman–Crippen LogP) is 4.05. The van der Waals surface area contributed by atoms with Crippen LogP contribution in [0.1, 0.15) is 12.5 Å². The van der Waals surface area contributed by atoms with Gasteiger partial charge in [-0.3, -0.25) is 0 Å². The van der Waals surface area contributed by atoms with Crippen LogP contribution < -0.4 is 10.6 Å². The van der Waals surface area contributed by atoms with Gasteiger partial charge >= 0.3 is 0 Å². The summed E-state index contributed by atoms with van der Waals surface area (Å²) in [7, 11) is -4.79. The zero-order valence-corrected chi connectivity index (χ0v) is 16.6. The highest BCUT2D eigenvalue weighted by molar-refractivity contribution is 7.97. The van der Waals surface area contributed by atoms with Crippen LogP contribution >= 0.6 is 8.07 Å². The van der Waals surface area contributed by atoms with Crippen LogP contribution in [-0.4, -0.2) is 19.0 Å². The van der Waals surface area contributed by atoms with Crippen LogP contribution in [0.25, 0.3) is 0 Å².